The third-order valence-corrected chi connectivity index (χ3v) is 4.57. The first-order valence-electron chi connectivity index (χ1n) is 5.54. The van der Waals surface area contributed by atoms with Gasteiger partial charge in [0.25, 0.3) is 0 Å². The van der Waals surface area contributed by atoms with E-state index in [0.717, 1.165) is 0 Å². The molecule has 5 heteroatoms. The maximum atomic E-state index is 11.8. The van der Waals surface area contributed by atoms with Gasteiger partial charge in [-0.25, -0.2) is 8.42 Å². The smallest absolute Gasteiger partial charge is 0.314 e. The van der Waals surface area contributed by atoms with Gasteiger partial charge in [0.15, 0.2) is 0 Å². The quantitative estimate of drug-likeness (QED) is 0.591. The Bertz CT molecular complexity index is 478. The number of ether oxygens (including phenoxy) is 1. The first kappa shape index (κ1) is 12.1. The highest BCUT2D eigenvalue weighted by atomic mass is 32.2. The number of benzene rings is 1. The van der Waals surface area contributed by atoms with Crippen LogP contribution in [0.1, 0.15) is 12.8 Å². The summed E-state index contributed by atoms with van der Waals surface area (Å²) in [7, 11) is -2.93. The predicted octanol–water partition coefficient (Wildman–Crippen LogP) is 1.42. The highest BCUT2D eigenvalue weighted by molar-refractivity contribution is 7.91. The molecule has 0 amide bonds. The van der Waals surface area contributed by atoms with Crippen LogP contribution in [0.3, 0.4) is 0 Å². The summed E-state index contributed by atoms with van der Waals surface area (Å²) >= 11 is 0. The summed E-state index contributed by atoms with van der Waals surface area (Å²) in [6.45, 7) is 0. The van der Waals surface area contributed by atoms with E-state index in [4.69, 9.17) is 4.74 Å². The van der Waals surface area contributed by atoms with Gasteiger partial charge in [-0.1, -0.05) is 18.2 Å². The van der Waals surface area contributed by atoms with E-state index in [2.05, 4.69) is 0 Å². The third kappa shape index (κ3) is 3.30. The van der Waals surface area contributed by atoms with Crippen molar-refractivity contribution in [3.8, 4) is 5.75 Å². The molecule has 0 spiro atoms. The fraction of sp³-hybridized carbons (Fsp3) is 0.417. The Morgan fingerprint density at radius 1 is 1.12 bits per heavy atom. The number of hydrogen-bond donors (Lipinski definition) is 0. The van der Waals surface area contributed by atoms with Gasteiger partial charge in [-0.3, -0.25) is 4.79 Å². The molecule has 1 heterocycles. The molecule has 1 saturated heterocycles. The van der Waals surface area contributed by atoms with Crippen LogP contribution in [-0.2, 0) is 14.6 Å². The molecular formula is C12H14O4S. The van der Waals surface area contributed by atoms with E-state index in [1.807, 2.05) is 6.07 Å². The molecule has 0 unspecified atom stereocenters. The predicted molar refractivity (Wildman–Crippen MR) is 63.5 cm³/mol. The topological polar surface area (TPSA) is 60.4 Å². The SMILES string of the molecule is O=C(Oc1ccccc1)C1CCS(=O)(=O)CC1. The number of carbonyl (C=O) groups is 1. The van der Waals surface area contributed by atoms with Gasteiger partial charge in [0.1, 0.15) is 15.6 Å². The minimum absolute atomic E-state index is 0.0849. The van der Waals surface area contributed by atoms with E-state index in [1.54, 1.807) is 24.3 Å². The minimum Gasteiger partial charge on any atom is -0.426 e. The zero-order chi connectivity index (χ0) is 12.3. The van der Waals surface area contributed by atoms with E-state index in [1.165, 1.54) is 0 Å². The lowest BCUT2D eigenvalue weighted by molar-refractivity contribution is -0.139. The van der Waals surface area contributed by atoms with Crippen molar-refractivity contribution in [3.63, 3.8) is 0 Å². The van der Waals surface area contributed by atoms with Crippen molar-refractivity contribution in [1.29, 1.82) is 0 Å². The molecule has 17 heavy (non-hydrogen) atoms. The van der Waals surface area contributed by atoms with Crippen LogP contribution >= 0.6 is 0 Å². The molecule has 0 aromatic heterocycles. The zero-order valence-corrected chi connectivity index (χ0v) is 10.2. The summed E-state index contributed by atoms with van der Waals surface area (Å²) in [4.78, 5) is 11.8. The standard InChI is InChI=1S/C12H14O4S/c13-12(16-11-4-2-1-3-5-11)10-6-8-17(14,15)9-7-10/h1-5,10H,6-9H2. The summed E-state index contributed by atoms with van der Waals surface area (Å²) in [5.41, 5.74) is 0. The van der Waals surface area contributed by atoms with Gasteiger partial charge < -0.3 is 4.74 Å². The highest BCUT2D eigenvalue weighted by Gasteiger charge is 2.29. The van der Waals surface area contributed by atoms with Crippen LogP contribution in [0.15, 0.2) is 30.3 Å². The van der Waals surface area contributed by atoms with E-state index < -0.39 is 9.84 Å². The lowest BCUT2D eigenvalue weighted by Crippen LogP contribution is -2.30. The van der Waals surface area contributed by atoms with Crippen molar-refractivity contribution >= 4 is 15.8 Å². The summed E-state index contributed by atoms with van der Waals surface area (Å²) in [6, 6.07) is 8.82. The van der Waals surface area contributed by atoms with Crippen molar-refractivity contribution in [1.82, 2.24) is 0 Å². The third-order valence-electron chi connectivity index (χ3n) is 2.85. The monoisotopic (exact) mass is 254 g/mol. The normalized spacial score (nSPS) is 19.8. The molecule has 0 N–H and O–H groups in total. The van der Waals surface area contributed by atoms with E-state index >= 15 is 0 Å². The molecule has 1 aromatic carbocycles. The van der Waals surface area contributed by atoms with Gasteiger partial charge in [-0.15, -0.1) is 0 Å². The molecule has 1 aromatic rings. The molecule has 0 radical (unpaired) electrons. The Labute approximate surface area is 101 Å². The van der Waals surface area contributed by atoms with Crippen LogP contribution in [0.4, 0.5) is 0 Å². The minimum atomic E-state index is -2.93. The number of carbonyl (C=O) groups excluding carboxylic acids is 1. The molecule has 0 atom stereocenters. The lowest BCUT2D eigenvalue weighted by Gasteiger charge is -2.20. The van der Waals surface area contributed by atoms with Gasteiger partial charge in [0, 0.05) is 0 Å². The van der Waals surface area contributed by atoms with Crippen LogP contribution in [0.25, 0.3) is 0 Å². The maximum Gasteiger partial charge on any atom is 0.314 e. The largest absolute Gasteiger partial charge is 0.426 e. The first-order chi connectivity index (χ1) is 8.07. The van der Waals surface area contributed by atoms with Gasteiger partial charge in [-0.2, -0.15) is 0 Å². The summed E-state index contributed by atoms with van der Waals surface area (Å²) in [6.07, 6.45) is 0.738. The van der Waals surface area contributed by atoms with Crippen molar-refractivity contribution in [2.45, 2.75) is 12.8 Å². The Morgan fingerprint density at radius 3 is 2.29 bits per heavy atom. The number of esters is 1. The first-order valence-corrected chi connectivity index (χ1v) is 7.36. The van der Waals surface area contributed by atoms with E-state index in [9.17, 15) is 13.2 Å². The molecule has 0 saturated carbocycles. The molecule has 1 aliphatic heterocycles. The van der Waals surface area contributed by atoms with Crippen LogP contribution < -0.4 is 4.74 Å². The highest BCUT2D eigenvalue weighted by Crippen LogP contribution is 2.21. The van der Waals surface area contributed by atoms with Crippen LogP contribution in [-0.4, -0.2) is 25.9 Å². The van der Waals surface area contributed by atoms with Gasteiger partial charge in [0.2, 0.25) is 0 Å². The van der Waals surface area contributed by atoms with Crippen LogP contribution in [0, 0.1) is 5.92 Å². The Kier molecular flexibility index (Phi) is 3.47. The Hall–Kier alpha value is -1.36. The lowest BCUT2D eigenvalue weighted by atomic mass is 10.0. The second-order valence-corrected chi connectivity index (χ2v) is 6.46. The van der Waals surface area contributed by atoms with Crippen molar-refractivity contribution in [2.24, 2.45) is 5.92 Å². The molecule has 92 valence electrons. The second-order valence-electron chi connectivity index (χ2n) is 4.16. The Morgan fingerprint density at radius 2 is 1.71 bits per heavy atom. The van der Waals surface area contributed by atoms with Gasteiger partial charge in [-0.05, 0) is 25.0 Å². The molecule has 4 nitrogen and oxygen atoms in total. The van der Waals surface area contributed by atoms with Crippen molar-refractivity contribution in [3.05, 3.63) is 30.3 Å². The molecule has 1 aliphatic rings. The van der Waals surface area contributed by atoms with Crippen molar-refractivity contribution < 1.29 is 17.9 Å². The molecule has 2 rings (SSSR count). The Balaban J connectivity index is 1.94. The molecule has 0 aliphatic carbocycles. The fourth-order valence-electron chi connectivity index (χ4n) is 1.81. The van der Waals surface area contributed by atoms with E-state index in [-0.39, 0.29) is 23.4 Å². The van der Waals surface area contributed by atoms with Gasteiger partial charge >= 0.3 is 5.97 Å². The van der Waals surface area contributed by atoms with Crippen molar-refractivity contribution in [2.75, 3.05) is 11.5 Å². The molecular weight excluding hydrogens is 240 g/mol. The molecule has 1 fully saturated rings. The van der Waals surface area contributed by atoms with Crippen LogP contribution in [0.2, 0.25) is 0 Å². The number of rotatable bonds is 2. The van der Waals surface area contributed by atoms with Gasteiger partial charge in [0.05, 0.1) is 17.4 Å². The summed E-state index contributed by atoms with van der Waals surface area (Å²) in [5, 5.41) is 0. The average Bonchev–Trinajstić information content (AvgIpc) is 2.30. The number of para-hydroxylation sites is 1. The van der Waals surface area contributed by atoms with E-state index in [0.29, 0.717) is 18.6 Å². The summed E-state index contributed by atoms with van der Waals surface area (Å²) in [5.74, 6) is 0.0547. The fourth-order valence-corrected chi connectivity index (χ4v) is 3.31. The zero-order valence-electron chi connectivity index (χ0n) is 9.33. The second kappa shape index (κ2) is 4.87. The number of sulfone groups is 1. The summed E-state index contributed by atoms with van der Waals surface area (Å²) < 4.78 is 27.6. The molecule has 0 bridgehead atoms. The number of hydrogen-bond acceptors (Lipinski definition) is 4. The van der Waals surface area contributed by atoms with Crippen LogP contribution in [0.5, 0.6) is 5.75 Å². The average molecular weight is 254 g/mol. The maximum absolute atomic E-state index is 11.8.